The van der Waals surface area contributed by atoms with Crippen molar-refractivity contribution in [1.29, 1.82) is 0 Å². The molecule has 16 heavy (non-hydrogen) atoms. The Morgan fingerprint density at radius 2 is 1.75 bits per heavy atom. The number of halogens is 2. The van der Waals surface area contributed by atoms with Crippen molar-refractivity contribution < 1.29 is 9.47 Å². The molecule has 0 aliphatic carbocycles. The second-order valence-electron chi connectivity index (χ2n) is 3.87. The zero-order valence-electron chi connectivity index (χ0n) is 10.2. The molecule has 1 saturated heterocycles. The van der Waals surface area contributed by atoms with Crippen molar-refractivity contribution in [2.24, 2.45) is 0 Å². The molecule has 1 unspecified atom stereocenters. The number of hydrogen-bond acceptors (Lipinski definition) is 2. The Labute approximate surface area is 112 Å². The van der Waals surface area contributed by atoms with E-state index in [1.165, 1.54) is 29.5 Å². The Hall–Kier alpha value is 0.717. The van der Waals surface area contributed by atoms with Gasteiger partial charge in [-0.05, 0) is 32.1 Å². The summed E-state index contributed by atoms with van der Waals surface area (Å²) in [5.74, 6) is 1.36. The van der Waals surface area contributed by atoms with Crippen LogP contribution in [0.25, 0.3) is 0 Å². The van der Waals surface area contributed by atoms with E-state index < -0.39 is 0 Å². The van der Waals surface area contributed by atoms with E-state index in [1.807, 2.05) is 0 Å². The van der Waals surface area contributed by atoms with Crippen LogP contribution in [0.3, 0.4) is 0 Å². The highest BCUT2D eigenvalue weighted by atomic mass is 35.5. The SMILES string of the molecule is ClCCCOCCCCl.[SiH3]C1CCCCO1. The molecule has 1 aliphatic heterocycles. The minimum Gasteiger partial charge on any atom is -0.383 e. The molecule has 1 heterocycles. The Balaban J connectivity index is 0.000000288. The van der Waals surface area contributed by atoms with Gasteiger partial charge in [0.05, 0.1) is 0 Å². The van der Waals surface area contributed by atoms with Crippen LogP contribution < -0.4 is 0 Å². The maximum absolute atomic E-state index is 5.41. The van der Waals surface area contributed by atoms with Crippen LogP contribution >= 0.6 is 23.2 Å². The van der Waals surface area contributed by atoms with Gasteiger partial charge in [0, 0.05) is 47.6 Å². The first-order chi connectivity index (χ1) is 7.81. The van der Waals surface area contributed by atoms with Gasteiger partial charge in [0.1, 0.15) is 0 Å². The third-order valence-electron chi connectivity index (χ3n) is 2.25. The maximum atomic E-state index is 5.41. The van der Waals surface area contributed by atoms with Crippen LogP contribution in [0.15, 0.2) is 0 Å². The fourth-order valence-corrected chi connectivity index (χ4v) is 2.18. The Morgan fingerprint density at radius 1 is 1.12 bits per heavy atom. The number of alkyl halides is 2. The van der Waals surface area contributed by atoms with Crippen LogP contribution in [0, 0.1) is 0 Å². The molecular formula is C11H24Cl2O2Si. The smallest absolute Gasteiger partial charge is 0.0477 e. The van der Waals surface area contributed by atoms with Gasteiger partial charge in [0.15, 0.2) is 0 Å². The molecule has 0 bridgehead atoms. The molecule has 0 aromatic rings. The van der Waals surface area contributed by atoms with Crippen molar-refractivity contribution in [3.05, 3.63) is 0 Å². The van der Waals surface area contributed by atoms with E-state index in [0.717, 1.165) is 32.7 Å². The molecule has 0 aromatic carbocycles. The molecule has 0 spiro atoms. The van der Waals surface area contributed by atoms with Crippen LogP contribution in [0.1, 0.15) is 32.1 Å². The molecule has 0 saturated carbocycles. The largest absolute Gasteiger partial charge is 0.383 e. The molecule has 98 valence electrons. The van der Waals surface area contributed by atoms with Gasteiger partial charge in [-0.1, -0.05) is 0 Å². The summed E-state index contributed by atoms with van der Waals surface area (Å²) in [4.78, 5) is 0. The fourth-order valence-electron chi connectivity index (χ4n) is 1.32. The molecule has 0 amide bonds. The molecule has 1 fully saturated rings. The second-order valence-corrected chi connectivity index (χ2v) is 5.92. The van der Waals surface area contributed by atoms with E-state index in [1.54, 1.807) is 0 Å². The van der Waals surface area contributed by atoms with Crippen LogP contribution in [0.2, 0.25) is 0 Å². The summed E-state index contributed by atoms with van der Waals surface area (Å²) < 4.78 is 10.5. The monoisotopic (exact) mass is 286 g/mol. The zero-order valence-corrected chi connectivity index (χ0v) is 13.7. The predicted molar refractivity (Wildman–Crippen MR) is 75.0 cm³/mol. The molecule has 0 N–H and O–H groups in total. The highest BCUT2D eigenvalue weighted by Gasteiger charge is 2.05. The van der Waals surface area contributed by atoms with E-state index in [2.05, 4.69) is 0 Å². The molecular weight excluding hydrogens is 263 g/mol. The first-order valence-electron chi connectivity index (χ1n) is 6.12. The number of rotatable bonds is 6. The predicted octanol–water partition coefficient (Wildman–Crippen LogP) is 2.14. The summed E-state index contributed by atoms with van der Waals surface area (Å²) in [6.07, 6.45) is 5.88. The molecule has 0 aromatic heterocycles. The molecule has 1 atom stereocenters. The van der Waals surface area contributed by atoms with Crippen molar-refractivity contribution >= 4 is 33.4 Å². The third-order valence-corrected chi connectivity index (χ3v) is 3.70. The number of hydrogen-bond donors (Lipinski definition) is 0. The van der Waals surface area contributed by atoms with Gasteiger partial charge in [0.25, 0.3) is 0 Å². The van der Waals surface area contributed by atoms with Crippen molar-refractivity contribution in [3.63, 3.8) is 0 Å². The second kappa shape index (κ2) is 13.8. The van der Waals surface area contributed by atoms with E-state index >= 15 is 0 Å². The van der Waals surface area contributed by atoms with Gasteiger partial charge in [-0.2, -0.15) is 0 Å². The van der Waals surface area contributed by atoms with Gasteiger partial charge in [-0.3, -0.25) is 0 Å². The van der Waals surface area contributed by atoms with Crippen LogP contribution in [0.4, 0.5) is 0 Å². The topological polar surface area (TPSA) is 18.5 Å². The molecule has 1 aliphatic rings. The molecule has 1 rings (SSSR count). The minimum absolute atomic E-state index is 0.675. The summed E-state index contributed by atoms with van der Waals surface area (Å²) in [6.45, 7) is 2.55. The van der Waals surface area contributed by atoms with Crippen LogP contribution in [-0.2, 0) is 9.47 Å². The van der Waals surface area contributed by atoms with E-state index in [4.69, 9.17) is 32.7 Å². The lowest BCUT2D eigenvalue weighted by atomic mass is 10.2. The molecule has 2 nitrogen and oxygen atoms in total. The average molecular weight is 287 g/mol. The lowest BCUT2D eigenvalue weighted by Crippen LogP contribution is -2.18. The van der Waals surface area contributed by atoms with Gasteiger partial charge < -0.3 is 9.47 Å². The summed E-state index contributed by atoms with van der Waals surface area (Å²) in [6, 6.07) is 0. The molecule has 0 radical (unpaired) electrons. The Bertz CT molecular complexity index is 127. The van der Waals surface area contributed by atoms with Gasteiger partial charge >= 0.3 is 0 Å². The van der Waals surface area contributed by atoms with E-state index in [9.17, 15) is 0 Å². The highest BCUT2D eigenvalue weighted by Crippen LogP contribution is 2.08. The van der Waals surface area contributed by atoms with E-state index in [-0.39, 0.29) is 0 Å². The summed E-state index contributed by atoms with van der Waals surface area (Å²) in [5, 5.41) is 0. The summed E-state index contributed by atoms with van der Waals surface area (Å²) in [7, 11) is 1.23. The van der Waals surface area contributed by atoms with Gasteiger partial charge in [-0.25, -0.2) is 0 Å². The third kappa shape index (κ3) is 12.8. The van der Waals surface area contributed by atoms with Gasteiger partial charge in [0.2, 0.25) is 0 Å². The van der Waals surface area contributed by atoms with Crippen molar-refractivity contribution in [2.45, 2.75) is 37.8 Å². The lowest BCUT2D eigenvalue weighted by Gasteiger charge is -2.17. The first kappa shape index (κ1) is 16.7. The van der Waals surface area contributed by atoms with Crippen LogP contribution in [-0.4, -0.2) is 47.6 Å². The quantitative estimate of drug-likeness (QED) is 0.423. The maximum Gasteiger partial charge on any atom is 0.0477 e. The van der Waals surface area contributed by atoms with Gasteiger partial charge in [-0.15, -0.1) is 23.2 Å². The van der Waals surface area contributed by atoms with E-state index in [0.29, 0.717) is 17.5 Å². The Morgan fingerprint density at radius 3 is 2.06 bits per heavy atom. The normalized spacial score (nSPS) is 20.2. The fraction of sp³-hybridized carbons (Fsp3) is 1.00. The first-order valence-corrected chi connectivity index (χ1v) is 8.35. The summed E-state index contributed by atoms with van der Waals surface area (Å²) >= 11 is 10.8. The van der Waals surface area contributed by atoms with Crippen LogP contribution in [0.5, 0.6) is 0 Å². The minimum atomic E-state index is 0.675. The highest BCUT2D eigenvalue weighted by molar-refractivity contribution is 6.18. The Kier molecular flexibility index (Phi) is 14.4. The number of ether oxygens (including phenoxy) is 2. The van der Waals surface area contributed by atoms with Crippen molar-refractivity contribution in [1.82, 2.24) is 0 Å². The average Bonchev–Trinajstić information content (AvgIpc) is 2.31. The molecule has 5 heteroatoms. The van der Waals surface area contributed by atoms with Crippen molar-refractivity contribution in [3.8, 4) is 0 Å². The standard InChI is InChI=1S/C6H12Cl2O.C5H12OSi/c7-3-1-5-9-6-2-4-8;7-5-3-1-2-4-6-5/h1-6H2;5H,1-4H2,7H3. The lowest BCUT2D eigenvalue weighted by molar-refractivity contribution is 0.0675. The zero-order chi connectivity index (χ0) is 12.1. The summed E-state index contributed by atoms with van der Waals surface area (Å²) in [5.41, 5.74) is 0.675. The van der Waals surface area contributed by atoms with Crippen molar-refractivity contribution in [2.75, 3.05) is 31.6 Å².